The molecule has 0 fully saturated rings. The molecule has 84 valence electrons. The number of benzene rings is 1. The van der Waals surface area contributed by atoms with Crippen molar-refractivity contribution in [3.05, 3.63) is 34.6 Å². The van der Waals surface area contributed by atoms with Gasteiger partial charge in [0.25, 0.3) is 0 Å². The van der Waals surface area contributed by atoms with Gasteiger partial charge in [-0.15, -0.1) is 0 Å². The van der Waals surface area contributed by atoms with Crippen molar-refractivity contribution in [3.63, 3.8) is 0 Å². The zero-order valence-corrected chi connectivity index (χ0v) is 11.4. The summed E-state index contributed by atoms with van der Waals surface area (Å²) in [5.74, 6) is 0.483. The third-order valence-corrected chi connectivity index (χ3v) is 4.35. The van der Waals surface area contributed by atoms with Crippen LogP contribution in [-0.4, -0.2) is 0 Å². The van der Waals surface area contributed by atoms with Crippen molar-refractivity contribution < 1.29 is 4.39 Å². The van der Waals surface area contributed by atoms with Crippen LogP contribution in [0, 0.1) is 25.6 Å². The SMILES string of the molecule is CCC(C)C(Br)c1cc(C)c(F)c(C)c1. The third-order valence-electron chi connectivity index (χ3n) is 2.92. The van der Waals surface area contributed by atoms with Gasteiger partial charge in [-0.1, -0.05) is 48.3 Å². The van der Waals surface area contributed by atoms with Gasteiger partial charge in [0.15, 0.2) is 0 Å². The maximum absolute atomic E-state index is 13.4. The monoisotopic (exact) mass is 272 g/mol. The average molecular weight is 273 g/mol. The van der Waals surface area contributed by atoms with Crippen LogP contribution in [0.3, 0.4) is 0 Å². The first-order chi connectivity index (χ1) is 6.97. The number of hydrogen-bond donors (Lipinski definition) is 0. The van der Waals surface area contributed by atoms with Gasteiger partial charge in [-0.3, -0.25) is 0 Å². The summed E-state index contributed by atoms with van der Waals surface area (Å²) in [6.07, 6.45) is 1.12. The number of alkyl halides is 1. The minimum absolute atomic E-state index is 0.0809. The van der Waals surface area contributed by atoms with Crippen LogP contribution in [0.1, 0.15) is 41.8 Å². The van der Waals surface area contributed by atoms with Crippen molar-refractivity contribution in [3.8, 4) is 0 Å². The van der Waals surface area contributed by atoms with E-state index in [1.165, 1.54) is 5.56 Å². The van der Waals surface area contributed by atoms with Gasteiger partial charge in [-0.05, 0) is 36.5 Å². The van der Waals surface area contributed by atoms with Crippen molar-refractivity contribution in [2.24, 2.45) is 5.92 Å². The zero-order valence-electron chi connectivity index (χ0n) is 9.77. The second kappa shape index (κ2) is 5.11. The van der Waals surface area contributed by atoms with Crippen molar-refractivity contribution in [2.75, 3.05) is 0 Å². The standard InChI is InChI=1S/C13H18BrF/c1-5-8(2)12(14)11-6-9(3)13(15)10(4)7-11/h6-8,12H,5H2,1-4H3. The highest BCUT2D eigenvalue weighted by molar-refractivity contribution is 9.09. The molecule has 0 radical (unpaired) electrons. The van der Waals surface area contributed by atoms with Crippen LogP contribution in [-0.2, 0) is 0 Å². The van der Waals surface area contributed by atoms with Gasteiger partial charge in [0.1, 0.15) is 5.82 Å². The van der Waals surface area contributed by atoms with Gasteiger partial charge in [-0.25, -0.2) is 4.39 Å². The van der Waals surface area contributed by atoms with E-state index in [2.05, 4.69) is 29.8 Å². The lowest BCUT2D eigenvalue weighted by Crippen LogP contribution is -2.03. The molecule has 0 aliphatic rings. The van der Waals surface area contributed by atoms with Gasteiger partial charge < -0.3 is 0 Å². The van der Waals surface area contributed by atoms with E-state index >= 15 is 0 Å². The quantitative estimate of drug-likeness (QED) is 0.685. The number of aryl methyl sites for hydroxylation is 2. The van der Waals surface area contributed by atoms with E-state index in [1.54, 1.807) is 0 Å². The largest absolute Gasteiger partial charge is 0.206 e. The number of hydrogen-bond acceptors (Lipinski definition) is 0. The van der Waals surface area contributed by atoms with E-state index in [4.69, 9.17) is 0 Å². The first kappa shape index (κ1) is 12.7. The summed E-state index contributed by atoms with van der Waals surface area (Å²) in [4.78, 5) is 0.320. The Hall–Kier alpha value is -0.370. The van der Waals surface area contributed by atoms with E-state index in [0.29, 0.717) is 10.7 Å². The van der Waals surface area contributed by atoms with E-state index in [-0.39, 0.29) is 5.82 Å². The molecule has 0 nitrogen and oxygen atoms in total. The summed E-state index contributed by atoms with van der Waals surface area (Å²) in [5.41, 5.74) is 2.65. The Morgan fingerprint density at radius 2 is 1.73 bits per heavy atom. The highest BCUT2D eigenvalue weighted by Crippen LogP contribution is 2.34. The van der Waals surface area contributed by atoms with E-state index in [1.807, 2.05) is 26.0 Å². The number of halogens is 2. The van der Waals surface area contributed by atoms with Crippen LogP contribution in [0.5, 0.6) is 0 Å². The van der Waals surface area contributed by atoms with Gasteiger partial charge in [0, 0.05) is 4.83 Å². The van der Waals surface area contributed by atoms with E-state index in [9.17, 15) is 4.39 Å². The van der Waals surface area contributed by atoms with Crippen molar-refractivity contribution in [1.82, 2.24) is 0 Å². The van der Waals surface area contributed by atoms with Crippen molar-refractivity contribution >= 4 is 15.9 Å². The maximum atomic E-state index is 13.4. The normalized spacial score (nSPS) is 15.1. The molecule has 0 spiro atoms. The van der Waals surface area contributed by atoms with Gasteiger partial charge >= 0.3 is 0 Å². The molecule has 0 bridgehead atoms. The minimum atomic E-state index is -0.0809. The van der Waals surface area contributed by atoms with Crippen LogP contribution < -0.4 is 0 Å². The second-order valence-electron chi connectivity index (χ2n) is 4.26. The van der Waals surface area contributed by atoms with Crippen molar-refractivity contribution in [1.29, 1.82) is 0 Å². The Kier molecular flexibility index (Phi) is 4.32. The Bertz CT molecular complexity index is 323. The predicted molar refractivity (Wildman–Crippen MR) is 67.0 cm³/mol. The first-order valence-corrected chi connectivity index (χ1v) is 6.29. The second-order valence-corrected chi connectivity index (χ2v) is 5.24. The molecule has 0 amide bonds. The summed E-state index contributed by atoms with van der Waals surface area (Å²) < 4.78 is 13.4. The summed E-state index contributed by atoms with van der Waals surface area (Å²) >= 11 is 3.68. The Morgan fingerprint density at radius 1 is 1.27 bits per heavy atom. The van der Waals surface area contributed by atoms with Crippen LogP contribution in [0.15, 0.2) is 12.1 Å². The molecule has 2 unspecified atom stereocenters. The molecular formula is C13H18BrF. The molecule has 0 N–H and O–H groups in total. The Balaban J connectivity index is 3.06. The lowest BCUT2D eigenvalue weighted by molar-refractivity contribution is 0.552. The predicted octanol–water partition coefficient (Wildman–Crippen LogP) is 4.92. The smallest absolute Gasteiger partial charge is 0.129 e. The summed E-state index contributed by atoms with van der Waals surface area (Å²) in [6.45, 7) is 8.01. The minimum Gasteiger partial charge on any atom is -0.206 e. The van der Waals surface area contributed by atoms with Crippen molar-refractivity contribution in [2.45, 2.75) is 38.9 Å². The Labute approximate surface area is 100 Å². The zero-order chi connectivity index (χ0) is 11.6. The molecule has 0 aromatic heterocycles. The van der Waals surface area contributed by atoms with Crippen LogP contribution in [0.25, 0.3) is 0 Å². The Morgan fingerprint density at radius 3 is 2.13 bits per heavy atom. The molecule has 1 rings (SSSR count). The van der Waals surface area contributed by atoms with Gasteiger partial charge in [-0.2, -0.15) is 0 Å². The summed E-state index contributed by atoms with van der Waals surface area (Å²) in [6, 6.07) is 3.88. The molecule has 1 aromatic rings. The van der Waals surface area contributed by atoms with Crippen LogP contribution in [0.4, 0.5) is 4.39 Å². The molecule has 0 saturated heterocycles. The topological polar surface area (TPSA) is 0 Å². The molecule has 2 atom stereocenters. The molecule has 2 heteroatoms. The van der Waals surface area contributed by atoms with Crippen LogP contribution in [0.2, 0.25) is 0 Å². The summed E-state index contributed by atoms with van der Waals surface area (Å²) in [5, 5.41) is 0. The molecular weight excluding hydrogens is 255 g/mol. The fraction of sp³-hybridized carbons (Fsp3) is 0.538. The number of rotatable bonds is 3. The highest BCUT2D eigenvalue weighted by atomic mass is 79.9. The maximum Gasteiger partial charge on any atom is 0.129 e. The molecule has 0 saturated carbocycles. The van der Waals surface area contributed by atoms with Gasteiger partial charge in [0.05, 0.1) is 0 Å². The molecule has 0 heterocycles. The molecule has 0 aliphatic carbocycles. The summed E-state index contributed by atoms with van der Waals surface area (Å²) in [7, 11) is 0. The average Bonchev–Trinajstić information content (AvgIpc) is 2.23. The fourth-order valence-corrected chi connectivity index (χ4v) is 2.31. The van der Waals surface area contributed by atoms with Crippen LogP contribution >= 0.6 is 15.9 Å². The first-order valence-electron chi connectivity index (χ1n) is 5.38. The van der Waals surface area contributed by atoms with E-state index < -0.39 is 0 Å². The lowest BCUT2D eigenvalue weighted by atomic mass is 9.96. The third kappa shape index (κ3) is 2.81. The molecule has 15 heavy (non-hydrogen) atoms. The lowest BCUT2D eigenvalue weighted by Gasteiger charge is -2.18. The molecule has 0 aliphatic heterocycles. The fourth-order valence-electron chi connectivity index (χ4n) is 1.67. The van der Waals surface area contributed by atoms with E-state index in [0.717, 1.165) is 17.5 Å². The highest BCUT2D eigenvalue weighted by Gasteiger charge is 2.16. The van der Waals surface area contributed by atoms with Gasteiger partial charge in [0.2, 0.25) is 0 Å². The molecule has 1 aromatic carbocycles.